The van der Waals surface area contributed by atoms with Crippen molar-refractivity contribution in [2.45, 2.75) is 65.4 Å². The third-order valence-corrected chi connectivity index (χ3v) is 3.71. The van der Waals surface area contributed by atoms with Crippen LogP contribution in [0.3, 0.4) is 0 Å². The summed E-state index contributed by atoms with van der Waals surface area (Å²) in [6, 6.07) is 4.16. The molecule has 1 aromatic heterocycles. The van der Waals surface area contributed by atoms with Crippen molar-refractivity contribution in [3.8, 4) is 0 Å². The van der Waals surface area contributed by atoms with Crippen LogP contribution < -0.4 is 0 Å². The molecule has 2 unspecified atom stereocenters. The molecule has 0 aromatic carbocycles. The third kappa shape index (κ3) is 4.77. The lowest BCUT2D eigenvalue weighted by molar-refractivity contribution is 0.0978. The van der Waals surface area contributed by atoms with E-state index in [1.807, 2.05) is 6.20 Å². The summed E-state index contributed by atoms with van der Waals surface area (Å²) in [6.07, 6.45) is 7.96. The number of nitrogens with zero attached hydrogens (tertiary/aromatic N) is 1. The lowest BCUT2D eigenvalue weighted by Gasteiger charge is -2.21. The van der Waals surface area contributed by atoms with Gasteiger partial charge in [-0.15, -0.1) is 0 Å². The number of hydrogen-bond acceptors (Lipinski definition) is 2. The molecule has 1 N–H and O–H groups in total. The number of aliphatic hydroxyl groups is 1. The SMILES string of the molecule is CCCCC(CC)C(O)Cc1ccc(CC)cn1. The minimum Gasteiger partial charge on any atom is -0.392 e. The van der Waals surface area contributed by atoms with Crippen molar-refractivity contribution in [3.63, 3.8) is 0 Å². The maximum atomic E-state index is 10.3. The van der Waals surface area contributed by atoms with Crippen LogP contribution in [-0.4, -0.2) is 16.2 Å². The zero-order valence-electron chi connectivity index (χ0n) is 12.0. The van der Waals surface area contributed by atoms with E-state index in [4.69, 9.17) is 0 Å². The quantitative estimate of drug-likeness (QED) is 0.761. The van der Waals surface area contributed by atoms with Crippen molar-refractivity contribution < 1.29 is 5.11 Å². The van der Waals surface area contributed by atoms with Gasteiger partial charge in [-0.05, 0) is 30.4 Å². The van der Waals surface area contributed by atoms with Gasteiger partial charge in [-0.2, -0.15) is 0 Å². The normalized spacial score (nSPS) is 14.4. The molecule has 0 bridgehead atoms. The molecular weight excluding hydrogens is 222 g/mol. The van der Waals surface area contributed by atoms with E-state index in [2.05, 4.69) is 37.9 Å². The Kier molecular flexibility index (Phi) is 6.96. The first-order valence-corrected chi connectivity index (χ1v) is 7.33. The highest BCUT2D eigenvalue weighted by Crippen LogP contribution is 2.19. The van der Waals surface area contributed by atoms with Gasteiger partial charge in [-0.25, -0.2) is 0 Å². The molecule has 2 atom stereocenters. The third-order valence-electron chi connectivity index (χ3n) is 3.71. The molecule has 0 spiro atoms. The average molecular weight is 249 g/mol. The Labute approximate surface area is 111 Å². The smallest absolute Gasteiger partial charge is 0.0623 e. The number of aromatic nitrogens is 1. The second-order valence-corrected chi connectivity index (χ2v) is 5.09. The summed E-state index contributed by atoms with van der Waals surface area (Å²) >= 11 is 0. The molecule has 1 aromatic rings. The summed E-state index contributed by atoms with van der Waals surface area (Å²) < 4.78 is 0. The van der Waals surface area contributed by atoms with Crippen molar-refractivity contribution in [1.29, 1.82) is 0 Å². The van der Waals surface area contributed by atoms with Crippen molar-refractivity contribution in [2.75, 3.05) is 0 Å². The Morgan fingerprint density at radius 1 is 1.22 bits per heavy atom. The predicted molar refractivity (Wildman–Crippen MR) is 76.6 cm³/mol. The Morgan fingerprint density at radius 3 is 2.50 bits per heavy atom. The monoisotopic (exact) mass is 249 g/mol. The summed E-state index contributed by atoms with van der Waals surface area (Å²) in [7, 11) is 0. The second-order valence-electron chi connectivity index (χ2n) is 5.09. The van der Waals surface area contributed by atoms with E-state index in [1.54, 1.807) is 0 Å². The van der Waals surface area contributed by atoms with Gasteiger partial charge in [0.25, 0.3) is 0 Å². The van der Waals surface area contributed by atoms with Crippen LogP contribution in [0.4, 0.5) is 0 Å². The average Bonchev–Trinajstić information content (AvgIpc) is 2.40. The molecule has 0 aliphatic rings. The Morgan fingerprint density at radius 2 is 2.00 bits per heavy atom. The summed E-state index contributed by atoms with van der Waals surface area (Å²) in [5.74, 6) is 0.414. The molecule has 0 amide bonds. The first-order valence-electron chi connectivity index (χ1n) is 7.33. The summed E-state index contributed by atoms with van der Waals surface area (Å²) in [5.41, 5.74) is 2.26. The van der Waals surface area contributed by atoms with Crippen LogP contribution in [0.25, 0.3) is 0 Å². The number of unbranched alkanes of at least 4 members (excludes halogenated alkanes) is 1. The molecular formula is C16H27NO. The maximum Gasteiger partial charge on any atom is 0.0623 e. The molecule has 102 valence electrons. The number of pyridine rings is 1. The van der Waals surface area contributed by atoms with Crippen molar-refractivity contribution in [1.82, 2.24) is 4.98 Å². The molecule has 2 heteroatoms. The molecule has 1 heterocycles. The Hall–Kier alpha value is -0.890. The fraction of sp³-hybridized carbons (Fsp3) is 0.688. The van der Waals surface area contributed by atoms with E-state index in [0.717, 1.165) is 25.0 Å². The predicted octanol–water partition coefficient (Wildman–Crippen LogP) is 3.76. The second kappa shape index (κ2) is 8.25. The molecule has 0 saturated heterocycles. The molecule has 18 heavy (non-hydrogen) atoms. The summed E-state index contributed by atoms with van der Waals surface area (Å²) in [6.45, 7) is 6.49. The van der Waals surface area contributed by atoms with Gasteiger partial charge in [-0.1, -0.05) is 46.1 Å². The molecule has 2 nitrogen and oxygen atoms in total. The largest absolute Gasteiger partial charge is 0.392 e. The molecule has 1 rings (SSSR count). The minimum atomic E-state index is -0.249. The van der Waals surface area contributed by atoms with Crippen molar-refractivity contribution in [3.05, 3.63) is 29.6 Å². The van der Waals surface area contributed by atoms with E-state index >= 15 is 0 Å². The van der Waals surface area contributed by atoms with Gasteiger partial charge in [0.15, 0.2) is 0 Å². The first-order chi connectivity index (χ1) is 8.71. The van der Waals surface area contributed by atoms with Gasteiger partial charge in [0, 0.05) is 18.3 Å². The van der Waals surface area contributed by atoms with Crippen molar-refractivity contribution >= 4 is 0 Å². The zero-order chi connectivity index (χ0) is 13.4. The minimum absolute atomic E-state index is 0.249. The molecule has 0 fully saturated rings. The fourth-order valence-corrected chi connectivity index (χ4v) is 2.30. The van der Waals surface area contributed by atoms with Gasteiger partial charge >= 0.3 is 0 Å². The van der Waals surface area contributed by atoms with E-state index in [0.29, 0.717) is 12.3 Å². The van der Waals surface area contributed by atoms with E-state index in [1.165, 1.54) is 18.4 Å². The Balaban J connectivity index is 2.52. The highest BCUT2D eigenvalue weighted by molar-refractivity contribution is 5.14. The molecule has 0 radical (unpaired) electrons. The highest BCUT2D eigenvalue weighted by Gasteiger charge is 2.17. The fourth-order valence-electron chi connectivity index (χ4n) is 2.30. The standard InChI is InChI=1S/C16H27NO/c1-4-7-8-14(6-3)16(18)11-15-10-9-13(5-2)12-17-15/h9-10,12,14,16,18H,4-8,11H2,1-3H3. The molecule has 0 saturated carbocycles. The van der Waals surface area contributed by atoms with Gasteiger partial charge < -0.3 is 5.11 Å². The van der Waals surface area contributed by atoms with Crippen LogP contribution in [0.1, 0.15) is 57.7 Å². The number of aliphatic hydroxyl groups excluding tert-OH is 1. The first kappa shape index (κ1) is 15.2. The van der Waals surface area contributed by atoms with Crippen LogP contribution in [-0.2, 0) is 12.8 Å². The van der Waals surface area contributed by atoms with Crippen LogP contribution in [0.2, 0.25) is 0 Å². The van der Waals surface area contributed by atoms with E-state index < -0.39 is 0 Å². The summed E-state index contributed by atoms with van der Waals surface area (Å²) in [4.78, 5) is 4.43. The number of rotatable bonds is 8. The lowest BCUT2D eigenvalue weighted by atomic mass is 9.90. The highest BCUT2D eigenvalue weighted by atomic mass is 16.3. The van der Waals surface area contributed by atoms with E-state index in [9.17, 15) is 5.11 Å². The van der Waals surface area contributed by atoms with Crippen LogP contribution >= 0.6 is 0 Å². The van der Waals surface area contributed by atoms with Crippen LogP contribution in [0.15, 0.2) is 18.3 Å². The zero-order valence-corrected chi connectivity index (χ0v) is 12.0. The molecule has 0 aliphatic carbocycles. The summed E-state index contributed by atoms with van der Waals surface area (Å²) in [5, 5.41) is 10.3. The van der Waals surface area contributed by atoms with Crippen molar-refractivity contribution in [2.24, 2.45) is 5.92 Å². The molecule has 0 aliphatic heterocycles. The number of aryl methyl sites for hydroxylation is 1. The van der Waals surface area contributed by atoms with E-state index in [-0.39, 0.29) is 6.10 Å². The Bertz CT molecular complexity index is 320. The number of hydrogen-bond donors (Lipinski definition) is 1. The van der Waals surface area contributed by atoms with Crippen LogP contribution in [0.5, 0.6) is 0 Å². The van der Waals surface area contributed by atoms with Gasteiger partial charge in [-0.3, -0.25) is 4.98 Å². The van der Waals surface area contributed by atoms with Crippen LogP contribution in [0, 0.1) is 5.92 Å². The topological polar surface area (TPSA) is 33.1 Å². The maximum absolute atomic E-state index is 10.3. The van der Waals surface area contributed by atoms with Gasteiger partial charge in [0.05, 0.1) is 6.10 Å². The van der Waals surface area contributed by atoms with Gasteiger partial charge in [0.1, 0.15) is 0 Å². The lowest BCUT2D eigenvalue weighted by Crippen LogP contribution is -2.23. The van der Waals surface area contributed by atoms with Gasteiger partial charge in [0.2, 0.25) is 0 Å².